The predicted molar refractivity (Wildman–Crippen MR) is 72.0 cm³/mol. The number of carbonyl (C=O) groups is 1. The Bertz CT molecular complexity index is 533. The molecule has 0 radical (unpaired) electrons. The average molecular weight is 342 g/mol. The lowest BCUT2D eigenvalue weighted by molar-refractivity contribution is -0.113. The van der Waals surface area contributed by atoms with Crippen LogP contribution < -0.4 is 10.0 Å². The molecule has 17 heavy (non-hydrogen) atoms. The van der Waals surface area contributed by atoms with Gasteiger partial charge in [0.15, 0.2) is 0 Å². The van der Waals surface area contributed by atoms with Crippen molar-refractivity contribution in [3.8, 4) is 0 Å². The van der Waals surface area contributed by atoms with Gasteiger partial charge in [0.05, 0.1) is 17.6 Å². The van der Waals surface area contributed by atoms with E-state index in [9.17, 15) is 13.2 Å². The van der Waals surface area contributed by atoms with Gasteiger partial charge in [0, 0.05) is 4.47 Å². The molecular weight excluding hydrogens is 332 g/mol. The van der Waals surface area contributed by atoms with Crippen molar-refractivity contribution >= 4 is 54.8 Å². The minimum absolute atomic E-state index is 0.204. The van der Waals surface area contributed by atoms with E-state index in [2.05, 4.69) is 26.0 Å². The molecule has 0 aliphatic carbocycles. The third kappa shape index (κ3) is 4.93. The van der Waals surface area contributed by atoms with Crippen LogP contribution in [-0.2, 0) is 14.8 Å². The highest BCUT2D eigenvalue weighted by Gasteiger charge is 2.10. The minimum Gasteiger partial charge on any atom is -0.323 e. The molecule has 0 bridgehead atoms. The molecule has 1 aromatic carbocycles. The zero-order chi connectivity index (χ0) is 13.1. The van der Waals surface area contributed by atoms with E-state index in [1.54, 1.807) is 12.1 Å². The Morgan fingerprint density at radius 2 is 2.06 bits per heavy atom. The van der Waals surface area contributed by atoms with Crippen LogP contribution >= 0.6 is 27.5 Å². The number of nitrogens with one attached hydrogen (secondary N) is 2. The van der Waals surface area contributed by atoms with Crippen LogP contribution in [0.25, 0.3) is 0 Å². The average Bonchev–Trinajstić information content (AvgIpc) is 2.20. The summed E-state index contributed by atoms with van der Waals surface area (Å²) in [6.45, 7) is 0. The van der Waals surface area contributed by atoms with Gasteiger partial charge in [-0.1, -0.05) is 15.9 Å². The third-order valence-corrected chi connectivity index (χ3v) is 3.00. The summed E-state index contributed by atoms with van der Waals surface area (Å²) in [6.07, 6.45) is 1.03. The zero-order valence-corrected chi connectivity index (χ0v) is 12.0. The summed E-state index contributed by atoms with van der Waals surface area (Å²) < 4.78 is 25.3. The number of anilines is 2. The van der Waals surface area contributed by atoms with Gasteiger partial charge in [-0.2, -0.15) is 0 Å². The highest BCUT2D eigenvalue weighted by molar-refractivity contribution is 9.10. The first kappa shape index (κ1) is 14.3. The van der Waals surface area contributed by atoms with Crippen LogP contribution in [0, 0.1) is 0 Å². The fourth-order valence-corrected chi connectivity index (χ4v) is 2.10. The Morgan fingerprint density at radius 3 is 2.59 bits per heavy atom. The summed E-state index contributed by atoms with van der Waals surface area (Å²) in [6, 6.07) is 4.77. The lowest BCUT2D eigenvalue weighted by Gasteiger charge is -2.11. The van der Waals surface area contributed by atoms with Crippen LogP contribution in [0.1, 0.15) is 0 Å². The minimum atomic E-state index is -3.40. The van der Waals surface area contributed by atoms with Crippen LogP contribution in [0.5, 0.6) is 0 Å². The van der Waals surface area contributed by atoms with Gasteiger partial charge < -0.3 is 5.32 Å². The molecule has 0 atom stereocenters. The van der Waals surface area contributed by atoms with Crippen LogP contribution in [0.4, 0.5) is 11.4 Å². The molecule has 0 fully saturated rings. The number of halogens is 2. The van der Waals surface area contributed by atoms with Gasteiger partial charge >= 0.3 is 0 Å². The van der Waals surface area contributed by atoms with E-state index in [-0.39, 0.29) is 11.6 Å². The van der Waals surface area contributed by atoms with Gasteiger partial charge in [0.25, 0.3) is 0 Å². The molecule has 8 heteroatoms. The topological polar surface area (TPSA) is 75.3 Å². The van der Waals surface area contributed by atoms with E-state index in [4.69, 9.17) is 11.6 Å². The Kier molecular flexibility index (Phi) is 4.79. The molecule has 0 unspecified atom stereocenters. The normalized spacial score (nSPS) is 11.0. The zero-order valence-electron chi connectivity index (χ0n) is 8.83. The Morgan fingerprint density at radius 1 is 1.41 bits per heavy atom. The monoisotopic (exact) mass is 340 g/mol. The standard InChI is InChI=1S/C9H10BrClN2O3S/c1-17(15,16)13-7-3-2-6(10)4-8(7)12-9(14)5-11/h2-4,13H,5H2,1H3,(H,12,14). The number of hydrogen-bond acceptors (Lipinski definition) is 3. The van der Waals surface area contributed by atoms with Crippen molar-refractivity contribution in [2.75, 3.05) is 22.2 Å². The SMILES string of the molecule is CS(=O)(=O)Nc1ccc(Br)cc1NC(=O)CCl. The van der Waals surface area contributed by atoms with Crippen molar-refractivity contribution in [1.82, 2.24) is 0 Å². The summed E-state index contributed by atoms with van der Waals surface area (Å²) in [4.78, 5) is 11.2. The molecule has 1 amide bonds. The largest absolute Gasteiger partial charge is 0.323 e. The van der Waals surface area contributed by atoms with Gasteiger partial charge in [0.2, 0.25) is 15.9 Å². The highest BCUT2D eigenvalue weighted by Crippen LogP contribution is 2.26. The summed E-state index contributed by atoms with van der Waals surface area (Å²) in [7, 11) is -3.40. The molecule has 0 heterocycles. The van der Waals surface area contributed by atoms with Crippen LogP contribution in [-0.4, -0.2) is 26.5 Å². The van der Waals surface area contributed by atoms with Gasteiger partial charge in [-0.05, 0) is 18.2 Å². The molecule has 1 aromatic rings. The number of benzene rings is 1. The Labute approximate surface area is 113 Å². The molecule has 2 N–H and O–H groups in total. The smallest absolute Gasteiger partial charge is 0.239 e. The van der Waals surface area contributed by atoms with E-state index in [1.807, 2.05) is 0 Å². The van der Waals surface area contributed by atoms with Crippen molar-refractivity contribution in [2.24, 2.45) is 0 Å². The summed E-state index contributed by atoms with van der Waals surface area (Å²) in [5.41, 5.74) is 0.629. The van der Waals surface area contributed by atoms with E-state index in [0.717, 1.165) is 6.26 Å². The molecule has 0 spiro atoms. The number of hydrogen-bond donors (Lipinski definition) is 2. The van der Waals surface area contributed by atoms with Gasteiger partial charge in [-0.25, -0.2) is 8.42 Å². The van der Waals surface area contributed by atoms with Crippen molar-refractivity contribution in [3.63, 3.8) is 0 Å². The van der Waals surface area contributed by atoms with Crippen LogP contribution in [0.15, 0.2) is 22.7 Å². The van der Waals surface area contributed by atoms with Gasteiger partial charge in [-0.15, -0.1) is 11.6 Å². The molecule has 1 rings (SSSR count). The summed E-state index contributed by atoms with van der Waals surface area (Å²) >= 11 is 8.59. The lowest BCUT2D eigenvalue weighted by Crippen LogP contribution is -2.16. The maximum atomic E-state index is 11.2. The predicted octanol–water partition coefficient (Wildman–Crippen LogP) is 2.00. The quantitative estimate of drug-likeness (QED) is 0.823. The van der Waals surface area contributed by atoms with Crippen molar-refractivity contribution in [1.29, 1.82) is 0 Å². The summed E-state index contributed by atoms with van der Waals surface area (Å²) in [5, 5.41) is 2.50. The molecular formula is C9H10BrClN2O3S. The Hall–Kier alpha value is -0.790. The highest BCUT2D eigenvalue weighted by atomic mass is 79.9. The molecule has 5 nitrogen and oxygen atoms in total. The van der Waals surface area contributed by atoms with Crippen LogP contribution in [0.2, 0.25) is 0 Å². The molecule has 94 valence electrons. The number of rotatable bonds is 4. The van der Waals surface area contributed by atoms with E-state index >= 15 is 0 Å². The first-order valence-electron chi connectivity index (χ1n) is 4.45. The lowest BCUT2D eigenvalue weighted by atomic mass is 10.3. The first-order valence-corrected chi connectivity index (χ1v) is 7.67. The molecule has 0 saturated heterocycles. The molecule has 0 saturated carbocycles. The molecule has 0 aliphatic rings. The number of alkyl halides is 1. The summed E-state index contributed by atoms with van der Waals surface area (Å²) in [5.74, 6) is -0.619. The molecule has 0 aliphatic heterocycles. The Balaban J connectivity index is 3.08. The fourth-order valence-electron chi connectivity index (χ4n) is 1.09. The van der Waals surface area contributed by atoms with Crippen molar-refractivity contribution in [2.45, 2.75) is 0 Å². The second kappa shape index (κ2) is 5.70. The maximum absolute atomic E-state index is 11.2. The van der Waals surface area contributed by atoms with Gasteiger partial charge in [0.1, 0.15) is 5.88 Å². The maximum Gasteiger partial charge on any atom is 0.239 e. The van der Waals surface area contributed by atoms with Crippen LogP contribution in [0.3, 0.4) is 0 Å². The fraction of sp³-hybridized carbons (Fsp3) is 0.222. The number of amides is 1. The number of sulfonamides is 1. The van der Waals surface area contributed by atoms with Gasteiger partial charge in [-0.3, -0.25) is 9.52 Å². The van der Waals surface area contributed by atoms with Crippen molar-refractivity contribution in [3.05, 3.63) is 22.7 Å². The third-order valence-electron chi connectivity index (χ3n) is 1.67. The van der Waals surface area contributed by atoms with Crippen molar-refractivity contribution < 1.29 is 13.2 Å². The van der Waals surface area contributed by atoms with E-state index in [0.29, 0.717) is 10.2 Å². The second-order valence-corrected chi connectivity index (χ2v) is 6.18. The van der Waals surface area contributed by atoms with E-state index < -0.39 is 15.9 Å². The second-order valence-electron chi connectivity index (χ2n) is 3.25. The van der Waals surface area contributed by atoms with E-state index in [1.165, 1.54) is 6.07 Å². The number of carbonyl (C=O) groups excluding carboxylic acids is 1. The molecule has 0 aromatic heterocycles. The first-order chi connectivity index (χ1) is 7.81.